The first-order valence-electron chi connectivity index (χ1n) is 5.92. The van der Waals surface area contributed by atoms with E-state index in [1.807, 2.05) is 0 Å². The van der Waals surface area contributed by atoms with Gasteiger partial charge in [-0.05, 0) is 6.42 Å². The zero-order chi connectivity index (χ0) is 17.9. The summed E-state index contributed by atoms with van der Waals surface area (Å²) >= 11 is 0. The Morgan fingerprint density at radius 1 is 1.17 bits per heavy atom. The third-order valence-electron chi connectivity index (χ3n) is 2.59. The highest BCUT2D eigenvalue weighted by Gasteiger charge is 2.79. The third-order valence-corrected chi connectivity index (χ3v) is 2.59. The summed E-state index contributed by atoms with van der Waals surface area (Å²) in [6, 6.07) is 0. The molecule has 0 aromatic rings. The summed E-state index contributed by atoms with van der Waals surface area (Å²) < 4.78 is 112. The summed E-state index contributed by atoms with van der Waals surface area (Å²) in [5.74, 6) is -10.8. The molecule has 0 bridgehead atoms. The summed E-state index contributed by atoms with van der Waals surface area (Å²) in [6.45, 7) is -1.26. The maximum Gasteiger partial charge on any atom is 0.510 e. The van der Waals surface area contributed by atoms with E-state index in [2.05, 4.69) is 18.9 Å². The Hall–Kier alpha value is -1.37. The Morgan fingerprint density at radius 3 is 2.26 bits per heavy atom. The van der Waals surface area contributed by atoms with Crippen molar-refractivity contribution in [3.05, 3.63) is 0 Å². The van der Waals surface area contributed by atoms with Crippen LogP contribution in [-0.4, -0.2) is 50.2 Å². The number of halogens is 8. The lowest BCUT2D eigenvalue weighted by Gasteiger charge is -2.29. The van der Waals surface area contributed by atoms with Crippen molar-refractivity contribution in [2.45, 2.75) is 43.5 Å². The Morgan fingerprint density at radius 2 is 1.78 bits per heavy atom. The average molecular weight is 362 g/mol. The van der Waals surface area contributed by atoms with Gasteiger partial charge in [0.1, 0.15) is 0 Å². The van der Waals surface area contributed by atoms with Gasteiger partial charge in [-0.1, -0.05) is 0 Å². The van der Waals surface area contributed by atoms with Crippen molar-refractivity contribution >= 4 is 6.16 Å². The van der Waals surface area contributed by atoms with Gasteiger partial charge in [-0.3, -0.25) is 4.74 Å². The molecule has 2 unspecified atom stereocenters. The minimum Gasteiger partial charge on any atom is -0.434 e. The van der Waals surface area contributed by atoms with Gasteiger partial charge in [-0.2, -0.15) is 22.0 Å². The molecule has 0 amide bonds. The van der Waals surface area contributed by atoms with Gasteiger partial charge in [-0.25, -0.2) is 18.0 Å². The van der Waals surface area contributed by atoms with E-state index >= 15 is 0 Å². The molecule has 2 fully saturated rings. The van der Waals surface area contributed by atoms with Gasteiger partial charge in [0.15, 0.2) is 6.79 Å². The third kappa shape index (κ3) is 4.13. The molecule has 23 heavy (non-hydrogen) atoms. The van der Waals surface area contributed by atoms with Crippen LogP contribution >= 0.6 is 0 Å². The molecule has 0 aromatic carbocycles. The van der Waals surface area contributed by atoms with Crippen LogP contribution in [0.5, 0.6) is 0 Å². The Bertz CT molecular complexity index is 420. The monoisotopic (exact) mass is 362 g/mol. The van der Waals surface area contributed by atoms with Crippen LogP contribution in [0.1, 0.15) is 12.8 Å². The number of carbonyl (C=O) groups excluding carboxylic acids is 1. The second kappa shape index (κ2) is 7.03. The van der Waals surface area contributed by atoms with E-state index in [0.717, 1.165) is 0 Å². The first kappa shape index (κ1) is 19.7. The Kier molecular flexibility index (Phi) is 6.01. The molecule has 2 aliphatic rings. The molecular weight excluding hydrogens is 352 g/mol. The average Bonchev–Trinajstić information content (AvgIpc) is 2.58. The molecule has 2 rings (SSSR count). The predicted molar refractivity (Wildman–Crippen MR) is 53.3 cm³/mol. The van der Waals surface area contributed by atoms with Crippen molar-refractivity contribution in [1.29, 1.82) is 0 Å². The SMILES string of the molecule is FC(F)C(F)(F)C1(F)OCOC1(F)F.O=C1OCCCC(F)O1. The quantitative estimate of drug-likeness (QED) is 0.557. The fourth-order valence-corrected chi connectivity index (χ4v) is 1.39. The molecule has 2 saturated heterocycles. The van der Waals surface area contributed by atoms with E-state index in [-0.39, 0.29) is 13.0 Å². The Labute approximate surface area is 123 Å². The summed E-state index contributed by atoms with van der Waals surface area (Å²) in [7, 11) is 0. The minimum absolute atomic E-state index is 0.242. The Balaban J connectivity index is 0.000000253. The van der Waals surface area contributed by atoms with Crippen molar-refractivity contribution in [1.82, 2.24) is 0 Å². The van der Waals surface area contributed by atoms with E-state index in [9.17, 15) is 39.9 Å². The van der Waals surface area contributed by atoms with E-state index in [4.69, 9.17) is 0 Å². The highest BCUT2D eigenvalue weighted by atomic mass is 19.3. The van der Waals surface area contributed by atoms with Crippen LogP contribution in [0.15, 0.2) is 0 Å². The topological polar surface area (TPSA) is 54.0 Å². The second-order valence-corrected chi connectivity index (χ2v) is 4.21. The van der Waals surface area contributed by atoms with Crippen molar-refractivity contribution < 1.29 is 58.9 Å². The number of cyclic esters (lactones) is 2. The first-order chi connectivity index (χ1) is 10.4. The maximum atomic E-state index is 12.8. The molecule has 2 aliphatic heterocycles. The first-order valence-corrected chi connectivity index (χ1v) is 5.92. The molecule has 0 spiro atoms. The van der Waals surface area contributed by atoms with Gasteiger partial charge in [0.2, 0.25) is 6.36 Å². The lowest BCUT2D eigenvalue weighted by atomic mass is 10.1. The summed E-state index contributed by atoms with van der Waals surface area (Å²) in [6.07, 6.45) is -11.3. The van der Waals surface area contributed by atoms with Gasteiger partial charge in [0.25, 0.3) is 0 Å². The summed E-state index contributed by atoms with van der Waals surface area (Å²) in [5, 5.41) is 0. The van der Waals surface area contributed by atoms with E-state index in [0.29, 0.717) is 6.42 Å². The van der Waals surface area contributed by atoms with Crippen LogP contribution in [0, 0.1) is 0 Å². The van der Waals surface area contributed by atoms with Gasteiger partial charge >= 0.3 is 30.5 Å². The number of hydrogen-bond acceptors (Lipinski definition) is 5. The van der Waals surface area contributed by atoms with Crippen LogP contribution < -0.4 is 0 Å². The zero-order valence-corrected chi connectivity index (χ0v) is 11.0. The van der Waals surface area contributed by atoms with Gasteiger partial charge in [0, 0.05) is 6.42 Å². The van der Waals surface area contributed by atoms with Gasteiger partial charge < -0.3 is 14.2 Å². The molecule has 0 saturated carbocycles. The molecule has 5 nitrogen and oxygen atoms in total. The highest BCUT2D eigenvalue weighted by molar-refractivity contribution is 5.60. The van der Waals surface area contributed by atoms with E-state index < -0.39 is 43.6 Å². The standard InChI is InChI=1S/C5H3F7O2.C5H7FO3/c6-2(7)3(8,9)4(10)5(11,12)14-1-13-4;6-4-2-1-3-8-5(7)9-4/h2H,1H2;4H,1-3H2. The van der Waals surface area contributed by atoms with Crippen LogP contribution in [0.3, 0.4) is 0 Å². The number of alkyl halides is 8. The lowest BCUT2D eigenvalue weighted by molar-refractivity contribution is -0.379. The molecule has 13 heteroatoms. The lowest BCUT2D eigenvalue weighted by Crippen LogP contribution is -2.58. The largest absolute Gasteiger partial charge is 0.510 e. The maximum absolute atomic E-state index is 12.8. The molecule has 0 radical (unpaired) electrons. The fourth-order valence-electron chi connectivity index (χ4n) is 1.39. The molecular formula is C10H10F8O5. The van der Waals surface area contributed by atoms with Crippen LogP contribution in [-0.2, 0) is 18.9 Å². The smallest absolute Gasteiger partial charge is 0.434 e. The van der Waals surface area contributed by atoms with Crippen LogP contribution in [0.2, 0.25) is 0 Å². The van der Waals surface area contributed by atoms with Crippen molar-refractivity contribution in [3.63, 3.8) is 0 Å². The summed E-state index contributed by atoms with van der Waals surface area (Å²) in [5.41, 5.74) is 0. The number of ether oxygens (including phenoxy) is 4. The number of hydrogen-bond donors (Lipinski definition) is 0. The molecule has 0 aliphatic carbocycles. The van der Waals surface area contributed by atoms with Crippen molar-refractivity contribution in [2.75, 3.05) is 13.4 Å². The molecule has 0 N–H and O–H groups in total. The molecule has 136 valence electrons. The number of carbonyl (C=O) groups is 1. The fraction of sp³-hybridized carbons (Fsp3) is 0.900. The van der Waals surface area contributed by atoms with E-state index in [1.54, 1.807) is 0 Å². The van der Waals surface area contributed by atoms with Gasteiger partial charge in [0.05, 0.1) is 6.61 Å². The van der Waals surface area contributed by atoms with Crippen molar-refractivity contribution in [3.8, 4) is 0 Å². The van der Waals surface area contributed by atoms with Crippen LogP contribution in [0.25, 0.3) is 0 Å². The minimum atomic E-state index is -5.65. The predicted octanol–water partition coefficient (Wildman–Crippen LogP) is 3.38. The molecule has 0 aromatic heterocycles. The molecule has 2 heterocycles. The highest BCUT2D eigenvalue weighted by Crippen LogP contribution is 2.51. The normalized spacial score (nSPS) is 30.8. The van der Waals surface area contributed by atoms with Crippen LogP contribution in [0.4, 0.5) is 39.9 Å². The second-order valence-electron chi connectivity index (χ2n) is 4.21. The molecule has 2 atom stereocenters. The van der Waals surface area contributed by atoms with E-state index in [1.165, 1.54) is 0 Å². The van der Waals surface area contributed by atoms with Crippen molar-refractivity contribution in [2.24, 2.45) is 0 Å². The summed E-state index contributed by atoms with van der Waals surface area (Å²) in [4.78, 5) is 10.2. The number of rotatable bonds is 2. The zero-order valence-electron chi connectivity index (χ0n) is 11.0. The van der Waals surface area contributed by atoms with Gasteiger partial charge in [-0.15, -0.1) is 0 Å².